The third-order valence-electron chi connectivity index (χ3n) is 2.50. The van der Waals surface area contributed by atoms with Gasteiger partial charge in [-0.1, -0.05) is 0 Å². The molecule has 3 rings (SSSR count). The lowest BCUT2D eigenvalue weighted by Crippen LogP contribution is -2.01. The second-order valence-electron chi connectivity index (χ2n) is 3.76. The number of hydrogen-bond acceptors (Lipinski definition) is 4. The summed E-state index contributed by atoms with van der Waals surface area (Å²) >= 11 is 0. The lowest BCUT2D eigenvalue weighted by Gasteiger charge is -1.99. The van der Waals surface area contributed by atoms with E-state index < -0.39 is 0 Å². The molecule has 1 saturated carbocycles. The van der Waals surface area contributed by atoms with Gasteiger partial charge in [-0.2, -0.15) is 5.10 Å². The number of nitrogen functional groups attached to an aromatic ring is 1. The van der Waals surface area contributed by atoms with Crippen LogP contribution < -0.4 is 5.73 Å². The molecule has 1 aliphatic rings. The van der Waals surface area contributed by atoms with Gasteiger partial charge in [0.2, 0.25) is 0 Å². The Labute approximate surface area is 87.0 Å². The molecule has 0 unspecified atom stereocenters. The molecule has 2 N–H and O–H groups in total. The van der Waals surface area contributed by atoms with E-state index in [0.717, 1.165) is 5.69 Å². The maximum Gasteiger partial charge on any atom is 0.171 e. The minimum Gasteiger partial charge on any atom is -0.382 e. The molecule has 0 radical (unpaired) electrons. The number of nitrogens with two attached hydrogens (primary N) is 1. The molecule has 1 fully saturated rings. The molecule has 0 spiro atoms. The van der Waals surface area contributed by atoms with Gasteiger partial charge in [-0.05, 0) is 18.9 Å². The molecule has 0 saturated heterocycles. The molecule has 0 aliphatic heterocycles. The van der Waals surface area contributed by atoms with Crippen LogP contribution in [0.5, 0.6) is 0 Å². The van der Waals surface area contributed by atoms with Gasteiger partial charge in [0, 0.05) is 12.1 Å². The molecule has 5 heteroatoms. The Bertz CT molecular complexity index is 469. The van der Waals surface area contributed by atoms with Crippen LogP contribution >= 0.6 is 0 Å². The molecule has 1 aliphatic carbocycles. The van der Waals surface area contributed by atoms with Crippen molar-refractivity contribution in [1.82, 2.24) is 19.7 Å². The van der Waals surface area contributed by atoms with Crippen LogP contribution in [0.2, 0.25) is 0 Å². The number of anilines is 1. The smallest absolute Gasteiger partial charge is 0.171 e. The highest BCUT2D eigenvalue weighted by Crippen LogP contribution is 2.38. The quantitative estimate of drug-likeness (QED) is 0.790. The van der Waals surface area contributed by atoms with E-state index in [4.69, 9.17) is 5.73 Å². The van der Waals surface area contributed by atoms with E-state index in [1.165, 1.54) is 19.0 Å². The molecular weight excluding hydrogens is 190 g/mol. The SMILES string of the molecule is Nc1cnc(-n2ccc(C3CC3)n2)cn1. The zero-order valence-corrected chi connectivity index (χ0v) is 8.17. The number of hydrogen-bond donors (Lipinski definition) is 1. The molecule has 0 amide bonds. The first-order valence-corrected chi connectivity index (χ1v) is 4.96. The summed E-state index contributed by atoms with van der Waals surface area (Å²) < 4.78 is 1.74. The third kappa shape index (κ3) is 1.56. The lowest BCUT2D eigenvalue weighted by atomic mass is 10.3. The molecule has 0 atom stereocenters. The van der Waals surface area contributed by atoms with Crippen molar-refractivity contribution in [3.8, 4) is 5.82 Å². The second-order valence-corrected chi connectivity index (χ2v) is 3.76. The first kappa shape index (κ1) is 8.40. The highest BCUT2D eigenvalue weighted by molar-refractivity contribution is 5.28. The van der Waals surface area contributed by atoms with Crippen LogP contribution in [0.1, 0.15) is 24.5 Å². The third-order valence-corrected chi connectivity index (χ3v) is 2.50. The predicted molar refractivity (Wildman–Crippen MR) is 55.5 cm³/mol. The highest BCUT2D eigenvalue weighted by Gasteiger charge is 2.25. The summed E-state index contributed by atoms with van der Waals surface area (Å²) in [6.45, 7) is 0. The Balaban J connectivity index is 1.93. The van der Waals surface area contributed by atoms with Crippen molar-refractivity contribution < 1.29 is 0 Å². The number of rotatable bonds is 2. The fraction of sp³-hybridized carbons (Fsp3) is 0.300. The van der Waals surface area contributed by atoms with Crippen LogP contribution in [-0.2, 0) is 0 Å². The van der Waals surface area contributed by atoms with Gasteiger partial charge < -0.3 is 5.73 Å². The van der Waals surface area contributed by atoms with Crippen molar-refractivity contribution in [2.75, 3.05) is 5.73 Å². The fourth-order valence-corrected chi connectivity index (χ4v) is 1.51. The van der Waals surface area contributed by atoms with Crippen LogP contribution in [0.4, 0.5) is 5.82 Å². The Morgan fingerprint density at radius 3 is 2.80 bits per heavy atom. The maximum absolute atomic E-state index is 5.46. The zero-order chi connectivity index (χ0) is 10.3. The summed E-state index contributed by atoms with van der Waals surface area (Å²) in [4.78, 5) is 8.13. The van der Waals surface area contributed by atoms with Crippen LogP contribution in [0.15, 0.2) is 24.7 Å². The Hall–Kier alpha value is -1.91. The van der Waals surface area contributed by atoms with Gasteiger partial charge >= 0.3 is 0 Å². The van der Waals surface area contributed by atoms with Gasteiger partial charge in [0.1, 0.15) is 5.82 Å². The van der Waals surface area contributed by atoms with E-state index in [-0.39, 0.29) is 0 Å². The van der Waals surface area contributed by atoms with Crippen molar-refractivity contribution in [2.24, 2.45) is 0 Å². The molecular formula is C10H11N5. The molecule has 2 heterocycles. The van der Waals surface area contributed by atoms with Crippen LogP contribution in [-0.4, -0.2) is 19.7 Å². The van der Waals surface area contributed by atoms with E-state index in [1.54, 1.807) is 10.9 Å². The van der Waals surface area contributed by atoms with Gasteiger partial charge in [0.25, 0.3) is 0 Å². The van der Waals surface area contributed by atoms with E-state index in [0.29, 0.717) is 17.6 Å². The van der Waals surface area contributed by atoms with Crippen molar-refractivity contribution >= 4 is 5.82 Å². The monoisotopic (exact) mass is 201 g/mol. The minimum absolute atomic E-state index is 0.424. The molecule has 0 bridgehead atoms. The summed E-state index contributed by atoms with van der Waals surface area (Å²) in [6, 6.07) is 2.04. The van der Waals surface area contributed by atoms with Gasteiger partial charge in [0.05, 0.1) is 18.1 Å². The van der Waals surface area contributed by atoms with Gasteiger partial charge in [0.15, 0.2) is 5.82 Å². The Morgan fingerprint density at radius 1 is 1.27 bits per heavy atom. The van der Waals surface area contributed by atoms with Gasteiger partial charge in [-0.25, -0.2) is 14.6 Å². The molecule has 2 aromatic rings. The van der Waals surface area contributed by atoms with Crippen molar-refractivity contribution in [3.63, 3.8) is 0 Å². The highest BCUT2D eigenvalue weighted by atomic mass is 15.3. The molecule has 2 aromatic heterocycles. The summed E-state index contributed by atoms with van der Waals surface area (Å²) in [5, 5.41) is 4.45. The van der Waals surface area contributed by atoms with Crippen LogP contribution in [0, 0.1) is 0 Å². The lowest BCUT2D eigenvalue weighted by molar-refractivity contribution is 0.807. The first-order valence-electron chi connectivity index (χ1n) is 4.96. The van der Waals surface area contributed by atoms with Crippen LogP contribution in [0.3, 0.4) is 0 Å². The molecule has 76 valence electrons. The van der Waals surface area contributed by atoms with Crippen LogP contribution in [0.25, 0.3) is 5.82 Å². The zero-order valence-electron chi connectivity index (χ0n) is 8.17. The topological polar surface area (TPSA) is 69.6 Å². The first-order chi connectivity index (χ1) is 7.33. The average molecular weight is 201 g/mol. The standard InChI is InChI=1S/C10H11N5/c11-9-5-13-10(6-12-9)15-4-3-8(14-15)7-1-2-7/h3-7H,1-2H2,(H2,11,12). The molecule has 15 heavy (non-hydrogen) atoms. The predicted octanol–water partition coefficient (Wildman–Crippen LogP) is 1.12. The van der Waals surface area contributed by atoms with E-state index >= 15 is 0 Å². The van der Waals surface area contributed by atoms with Crippen molar-refractivity contribution in [2.45, 2.75) is 18.8 Å². The molecule has 5 nitrogen and oxygen atoms in total. The van der Waals surface area contributed by atoms with E-state index in [9.17, 15) is 0 Å². The minimum atomic E-state index is 0.424. The summed E-state index contributed by atoms with van der Waals surface area (Å²) in [6.07, 6.45) is 7.58. The van der Waals surface area contributed by atoms with Crippen molar-refractivity contribution in [3.05, 3.63) is 30.4 Å². The summed E-state index contributed by atoms with van der Waals surface area (Å²) in [5.41, 5.74) is 6.61. The number of nitrogens with zero attached hydrogens (tertiary/aromatic N) is 4. The van der Waals surface area contributed by atoms with E-state index in [1.807, 2.05) is 12.3 Å². The fourth-order valence-electron chi connectivity index (χ4n) is 1.51. The Morgan fingerprint density at radius 2 is 2.13 bits per heavy atom. The van der Waals surface area contributed by atoms with Gasteiger partial charge in [-0.3, -0.25) is 0 Å². The Kier molecular flexibility index (Phi) is 1.71. The largest absolute Gasteiger partial charge is 0.382 e. The van der Waals surface area contributed by atoms with Gasteiger partial charge in [-0.15, -0.1) is 0 Å². The number of aromatic nitrogens is 4. The normalized spacial score (nSPS) is 15.5. The summed E-state index contributed by atoms with van der Waals surface area (Å²) in [7, 11) is 0. The maximum atomic E-state index is 5.46. The summed E-state index contributed by atoms with van der Waals surface area (Å²) in [5.74, 6) is 1.79. The molecule has 0 aromatic carbocycles. The van der Waals surface area contributed by atoms with Crippen molar-refractivity contribution in [1.29, 1.82) is 0 Å². The second kappa shape index (κ2) is 3.05. The van der Waals surface area contributed by atoms with E-state index in [2.05, 4.69) is 15.1 Å². The average Bonchev–Trinajstić information content (AvgIpc) is 2.99.